The molecule has 0 aliphatic carbocycles. The highest BCUT2D eigenvalue weighted by Gasteiger charge is 2.29. The number of amides is 1. The predicted molar refractivity (Wildman–Crippen MR) is 106 cm³/mol. The third kappa shape index (κ3) is 4.51. The number of ether oxygens (including phenoxy) is 1. The summed E-state index contributed by atoms with van der Waals surface area (Å²) in [6, 6.07) is 2.93. The van der Waals surface area contributed by atoms with Crippen LogP contribution in [0.4, 0.5) is 13.8 Å². The van der Waals surface area contributed by atoms with E-state index in [-0.39, 0.29) is 24.6 Å². The zero-order valence-electron chi connectivity index (χ0n) is 15.5. The summed E-state index contributed by atoms with van der Waals surface area (Å²) in [6.07, 6.45) is 0.689. The number of nitrogens with one attached hydrogen (secondary N) is 1. The number of hydrogen-bond donors (Lipinski definition) is 1. The first kappa shape index (κ1) is 22.3. The molecule has 9 heteroatoms. The monoisotopic (exact) mass is 430 g/mol. The van der Waals surface area contributed by atoms with Crippen LogP contribution >= 0.6 is 23.7 Å². The number of thiophene rings is 1. The lowest BCUT2D eigenvalue weighted by Gasteiger charge is -2.25. The quantitative estimate of drug-likeness (QED) is 0.720. The Labute approximate surface area is 172 Å². The molecular weight excluding hydrogens is 410 g/mol. The number of carbonyl (C=O) groups is 2. The van der Waals surface area contributed by atoms with E-state index in [0.29, 0.717) is 23.5 Å². The van der Waals surface area contributed by atoms with Crippen LogP contribution in [0.25, 0.3) is 0 Å². The smallest absolute Gasteiger partial charge is 0.341 e. The normalized spacial score (nSPS) is 13.4. The minimum absolute atomic E-state index is 0. The number of carbonyl (C=O) groups excluding carboxylic acids is 2. The van der Waals surface area contributed by atoms with Gasteiger partial charge in [-0.15, -0.1) is 23.7 Å². The Morgan fingerprint density at radius 3 is 2.64 bits per heavy atom. The molecule has 1 aromatic carbocycles. The number of nitrogens with zero attached hydrogens (tertiary/aromatic N) is 1. The molecule has 28 heavy (non-hydrogen) atoms. The third-order valence-electron chi connectivity index (χ3n) is 4.47. The van der Waals surface area contributed by atoms with Gasteiger partial charge in [0.25, 0.3) is 5.91 Å². The lowest BCUT2D eigenvalue weighted by Crippen LogP contribution is -2.30. The van der Waals surface area contributed by atoms with Crippen molar-refractivity contribution in [2.45, 2.75) is 26.8 Å². The molecule has 2 aromatic rings. The molecule has 2 heterocycles. The van der Waals surface area contributed by atoms with Gasteiger partial charge in [0, 0.05) is 23.5 Å². The third-order valence-corrected chi connectivity index (χ3v) is 5.60. The molecule has 1 N–H and O–H groups in total. The predicted octanol–water partition coefficient (Wildman–Crippen LogP) is 4.26. The van der Waals surface area contributed by atoms with Gasteiger partial charge in [0.05, 0.1) is 12.2 Å². The van der Waals surface area contributed by atoms with Gasteiger partial charge >= 0.3 is 5.97 Å². The highest BCUT2D eigenvalue weighted by Crippen LogP contribution is 2.37. The maximum Gasteiger partial charge on any atom is 0.341 e. The van der Waals surface area contributed by atoms with Gasteiger partial charge in [0.15, 0.2) is 11.6 Å². The fraction of sp³-hybridized carbons (Fsp3) is 0.368. The van der Waals surface area contributed by atoms with Gasteiger partial charge in [-0.05, 0) is 43.7 Å². The summed E-state index contributed by atoms with van der Waals surface area (Å²) in [5.74, 6) is -3.21. The highest BCUT2D eigenvalue weighted by molar-refractivity contribution is 7.17. The van der Waals surface area contributed by atoms with Crippen LogP contribution in [-0.2, 0) is 17.7 Å². The van der Waals surface area contributed by atoms with Crippen LogP contribution in [0, 0.1) is 11.6 Å². The van der Waals surface area contributed by atoms with Crippen molar-refractivity contribution in [2.24, 2.45) is 0 Å². The van der Waals surface area contributed by atoms with Crippen molar-refractivity contribution in [3.05, 3.63) is 51.4 Å². The number of hydrogen-bond acceptors (Lipinski definition) is 5. The molecule has 0 radical (unpaired) electrons. The van der Waals surface area contributed by atoms with Crippen LogP contribution in [0.1, 0.15) is 45.0 Å². The van der Waals surface area contributed by atoms with Crippen molar-refractivity contribution in [1.29, 1.82) is 0 Å². The Kier molecular flexibility index (Phi) is 7.51. The first-order valence-electron chi connectivity index (χ1n) is 8.75. The van der Waals surface area contributed by atoms with Crippen molar-refractivity contribution >= 4 is 40.6 Å². The molecule has 1 aliphatic heterocycles. The average Bonchev–Trinajstić information content (AvgIpc) is 3.00. The van der Waals surface area contributed by atoms with E-state index in [1.54, 1.807) is 6.92 Å². The fourth-order valence-electron chi connectivity index (χ4n) is 3.05. The van der Waals surface area contributed by atoms with E-state index in [2.05, 4.69) is 17.1 Å². The number of esters is 1. The Morgan fingerprint density at radius 2 is 2.00 bits per heavy atom. The molecule has 1 aliphatic rings. The summed E-state index contributed by atoms with van der Waals surface area (Å²) in [6.45, 7) is 6.42. The number of likely N-dealkylation sites (N-methyl/N-ethyl adjacent to an activating group) is 1. The van der Waals surface area contributed by atoms with Crippen molar-refractivity contribution in [1.82, 2.24) is 4.90 Å². The summed E-state index contributed by atoms with van der Waals surface area (Å²) in [5.41, 5.74) is 1.23. The molecule has 0 atom stereocenters. The lowest BCUT2D eigenvalue weighted by molar-refractivity contribution is 0.0526. The van der Waals surface area contributed by atoms with Crippen molar-refractivity contribution in [2.75, 3.05) is 25.0 Å². The van der Waals surface area contributed by atoms with Crippen LogP contribution in [0.3, 0.4) is 0 Å². The Bertz CT molecular complexity index is 888. The van der Waals surface area contributed by atoms with Crippen molar-refractivity contribution in [3.8, 4) is 0 Å². The molecule has 0 fully saturated rings. The topological polar surface area (TPSA) is 58.6 Å². The molecule has 0 unspecified atom stereocenters. The highest BCUT2D eigenvalue weighted by atomic mass is 35.5. The maximum absolute atomic E-state index is 13.4. The molecule has 1 aromatic heterocycles. The second kappa shape index (κ2) is 9.45. The number of halogens is 3. The second-order valence-electron chi connectivity index (χ2n) is 6.13. The summed E-state index contributed by atoms with van der Waals surface area (Å²) in [7, 11) is 0. The van der Waals surface area contributed by atoms with E-state index in [1.807, 2.05) is 0 Å². The van der Waals surface area contributed by atoms with Gasteiger partial charge < -0.3 is 10.1 Å². The average molecular weight is 431 g/mol. The SMILES string of the molecule is CCOC(=O)c1c(NC(=O)c2ccc(F)c(F)c2)sc2c1CCN(CC)C2.Cl. The van der Waals surface area contributed by atoms with Gasteiger partial charge in [-0.25, -0.2) is 13.6 Å². The summed E-state index contributed by atoms with van der Waals surface area (Å²) in [4.78, 5) is 28.2. The first-order valence-corrected chi connectivity index (χ1v) is 9.56. The Hall–Kier alpha value is -2.03. The zero-order chi connectivity index (χ0) is 19.6. The van der Waals surface area contributed by atoms with Gasteiger partial charge in [-0.1, -0.05) is 6.92 Å². The van der Waals surface area contributed by atoms with Crippen molar-refractivity contribution in [3.63, 3.8) is 0 Å². The van der Waals surface area contributed by atoms with E-state index in [9.17, 15) is 18.4 Å². The van der Waals surface area contributed by atoms with E-state index in [1.165, 1.54) is 17.4 Å². The summed E-state index contributed by atoms with van der Waals surface area (Å²) >= 11 is 1.32. The minimum Gasteiger partial charge on any atom is -0.462 e. The van der Waals surface area contributed by atoms with E-state index >= 15 is 0 Å². The van der Waals surface area contributed by atoms with Crippen LogP contribution in [-0.4, -0.2) is 36.5 Å². The van der Waals surface area contributed by atoms with Gasteiger partial charge in [-0.3, -0.25) is 9.69 Å². The first-order chi connectivity index (χ1) is 12.9. The van der Waals surface area contributed by atoms with Gasteiger partial charge in [0.2, 0.25) is 0 Å². The van der Waals surface area contributed by atoms with Gasteiger partial charge in [0.1, 0.15) is 5.00 Å². The second-order valence-corrected chi connectivity index (χ2v) is 7.24. The maximum atomic E-state index is 13.4. The lowest BCUT2D eigenvalue weighted by atomic mass is 10.0. The number of benzene rings is 1. The van der Waals surface area contributed by atoms with Crippen molar-refractivity contribution < 1.29 is 23.1 Å². The number of anilines is 1. The summed E-state index contributed by atoms with van der Waals surface area (Å²) in [5, 5.41) is 3.05. The zero-order valence-corrected chi connectivity index (χ0v) is 17.1. The van der Waals surface area contributed by atoms with E-state index < -0.39 is 23.5 Å². The van der Waals surface area contributed by atoms with Gasteiger partial charge in [-0.2, -0.15) is 0 Å². The van der Waals surface area contributed by atoms with Crippen LogP contribution in [0.5, 0.6) is 0 Å². The molecule has 0 saturated carbocycles. The minimum atomic E-state index is -1.10. The Balaban J connectivity index is 0.00000280. The largest absolute Gasteiger partial charge is 0.462 e. The Morgan fingerprint density at radius 1 is 1.25 bits per heavy atom. The number of fused-ring (bicyclic) bond motifs is 1. The fourth-order valence-corrected chi connectivity index (χ4v) is 4.32. The standard InChI is InChI=1S/C19H20F2N2O3S.ClH/c1-3-23-8-7-12-15(10-23)27-18(16(12)19(25)26-4-2)22-17(24)11-5-6-13(20)14(21)9-11;/h5-6,9H,3-4,7-8,10H2,1-2H3,(H,22,24);1H. The van der Waals surface area contributed by atoms with Crippen LogP contribution < -0.4 is 5.32 Å². The summed E-state index contributed by atoms with van der Waals surface area (Å²) < 4.78 is 31.7. The van der Waals surface area contributed by atoms with Crippen LogP contribution in [0.15, 0.2) is 18.2 Å². The van der Waals surface area contributed by atoms with E-state index in [4.69, 9.17) is 4.74 Å². The molecule has 0 saturated heterocycles. The molecule has 3 rings (SSSR count). The molecule has 0 bridgehead atoms. The molecule has 152 valence electrons. The molecule has 1 amide bonds. The molecule has 0 spiro atoms. The van der Waals surface area contributed by atoms with Crippen LogP contribution in [0.2, 0.25) is 0 Å². The molecular formula is C19H21ClF2N2O3S. The molecule has 5 nitrogen and oxygen atoms in total. The van der Waals surface area contributed by atoms with E-state index in [0.717, 1.165) is 35.7 Å². The number of rotatable bonds is 5.